The van der Waals surface area contributed by atoms with E-state index in [1.807, 2.05) is 13.8 Å². The molecule has 0 fully saturated rings. The minimum absolute atomic E-state index is 0.277. The molecule has 0 aromatic rings. The number of sulfonamides is 1. The molecule has 14 heavy (non-hydrogen) atoms. The maximum atomic E-state index is 11.4. The Hall–Kier alpha value is -0.0900. The van der Waals surface area contributed by atoms with Crippen LogP contribution < -0.4 is 4.72 Å². The zero-order chi connectivity index (χ0) is 11.0. The van der Waals surface area contributed by atoms with Crippen LogP contribution in [0.1, 0.15) is 46.5 Å². The molecule has 0 spiro atoms. The van der Waals surface area contributed by atoms with Gasteiger partial charge in [0, 0.05) is 6.54 Å². The van der Waals surface area contributed by atoms with Gasteiger partial charge in [0.2, 0.25) is 10.0 Å². The molecule has 86 valence electrons. The van der Waals surface area contributed by atoms with Crippen molar-refractivity contribution in [3.8, 4) is 0 Å². The molecule has 0 amide bonds. The Bertz CT molecular complexity index is 222. The van der Waals surface area contributed by atoms with Crippen molar-refractivity contribution < 1.29 is 8.42 Å². The Morgan fingerprint density at radius 1 is 1.14 bits per heavy atom. The van der Waals surface area contributed by atoms with Crippen LogP contribution in [0.15, 0.2) is 0 Å². The molecule has 0 bridgehead atoms. The molecule has 0 radical (unpaired) electrons. The Morgan fingerprint density at radius 2 is 1.79 bits per heavy atom. The van der Waals surface area contributed by atoms with E-state index in [0.717, 1.165) is 25.7 Å². The fourth-order valence-corrected chi connectivity index (χ4v) is 2.40. The molecule has 1 N–H and O–H groups in total. The average Bonchev–Trinajstić information content (AvgIpc) is 2.10. The van der Waals surface area contributed by atoms with Gasteiger partial charge in [-0.05, 0) is 12.3 Å². The van der Waals surface area contributed by atoms with Crippen molar-refractivity contribution >= 4 is 10.0 Å². The number of nitrogens with one attached hydrogen (secondary N) is 1. The molecule has 0 saturated carbocycles. The zero-order valence-corrected chi connectivity index (χ0v) is 10.4. The van der Waals surface area contributed by atoms with Crippen LogP contribution in [0.25, 0.3) is 0 Å². The van der Waals surface area contributed by atoms with Gasteiger partial charge in [0.05, 0.1) is 5.75 Å². The maximum Gasteiger partial charge on any atom is 0.211 e. The largest absolute Gasteiger partial charge is 0.215 e. The predicted molar refractivity (Wildman–Crippen MR) is 60.8 cm³/mol. The molecule has 4 heteroatoms. The first-order valence-corrected chi connectivity index (χ1v) is 7.10. The van der Waals surface area contributed by atoms with E-state index in [0.29, 0.717) is 12.5 Å². The second-order valence-corrected chi connectivity index (χ2v) is 6.05. The van der Waals surface area contributed by atoms with Gasteiger partial charge in [0.15, 0.2) is 0 Å². The number of hydrogen-bond acceptors (Lipinski definition) is 2. The summed E-state index contributed by atoms with van der Waals surface area (Å²) in [6.45, 7) is 6.67. The highest BCUT2D eigenvalue weighted by atomic mass is 32.2. The van der Waals surface area contributed by atoms with Crippen molar-refractivity contribution in [2.45, 2.75) is 46.5 Å². The van der Waals surface area contributed by atoms with Crippen molar-refractivity contribution in [1.82, 2.24) is 4.72 Å². The summed E-state index contributed by atoms with van der Waals surface area (Å²) in [6, 6.07) is 0. The Kier molecular flexibility index (Phi) is 7.19. The SMILES string of the molecule is CCCCCCS(=O)(=O)NCC(C)C. The Morgan fingerprint density at radius 3 is 2.29 bits per heavy atom. The highest BCUT2D eigenvalue weighted by Gasteiger charge is 2.09. The Balaban J connectivity index is 3.62. The highest BCUT2D eigenvalue weighted by molar-refractivity contribution is 7.89. The summed E-state index contributed by atoms with van der Waals surface area (Å²) in [6.07, 6.45) is 4.06. The van der Waals surface area contributed by atoms with Crippen LogP contribution in [0.4, 0.5) is 0 Å². The highest BCUT2D eigenvalue weighted by Crippen LogP contribution is 2.01. The van der Waals surface area contributed by atoms with Crippen molar-refractivity contribution in [2.24, 2.45) is 5.92 Å². The molecule has 0 aromatic carbocycles. The lowest BCUT2D eigenvalue weighted by molar-refractivity contribution is 0.555. The predicted octanol–water partition coefficient (Wildman–Crippen LogP) is 2.14. The molecule has 0 heterocycles. The van der Waals surface area contributed by atoms with Crippen LogP contribution in [0.2, 0.25) is 0 Å². The monoisotopic (exact) mass is 221 g/mol. The van der Waals surface area contributed by atoms with E-state index < -0.39 is 10.0 Å². The van der Waals surface area contributed by atoms with Gasteiger partial charge in [-0.25, -0.2) is 13.1 Å². The Labute approximate surface area is 88.3 Å². The van der Waals surface area contributed by atoms with Crippen LogP contribution in [0, 0.1) is 5.92 Å². The lowest BCUT2D eigenvalue weighted by atomic mass is 10.2. The molecule has 0 aliphatic heterocycles. The first-order chi connectivity index (χ1) is 6.48. The minimum atomic E-state index is -3.01. The molecule has 3 nitrogen and oxygen atoms in total. The van der Waals surface area contributed by atoms with E-state index >= 15 is 0 Å². The third-order valence-electron chi connectivity index (χ3n) is 1.98. The third-order valence-corrected chi connectivity index (χ3v) is 3.41. The van der Waals surface area contributed by atoms with Crippen molar-refractivity contribution in [2.75, 3.05) is 12.3 Å². The lowest BCUT2D eigenvalue weighted by Crippen LogP contribution is -2.29. The van der Waals surface area contributed by atoms with Crippen LogP contribution in [-0.4, -0.2) is 20.7 Å². The second kappa shape index (κ2) is 7.23. The summed E-state index contributed by atoms with van der Waals surface area (Å²) in [7, 11) is -3.01. The molecule has 0 atom stereocenters. The first kappa shape index (κ1) is 13.9. The summed E-state index contributed by atoms with van der Waals surface area (Å²) in [5, 5.41) is 0. The first-order valence-electron chi connectivity index (χ1n) is 5.45. The molecular formula is C10H23NO2S. The maximum absolute atomic E-state index is 11.4. The van der Waals surface area contributed by atoms with E-state index in [1.165, 1.54) is 0 Å². The number of rotatable bonds is 8. The van der Waals surface area contributed by atoms with E-state index in [-0.39, 0.29) is 5.75 Å². The van der Waals surface area contributed by atoms with Gasteiger partial charge in [-0.1, -0.05) is 40.0 Å². The molecule has 0 aliphatic carbocycles. The molecule has 0 unspecified atom stereocenters. The van der Waals surface area contributed by atoms with E-state index in [1.54, 1.807) is 0 Å². The number of hydrogen-bond donors (Lipinski definition) is 1. The molecular weight excluding hydrogens is 198 g/mol. The smallest absolute Gasteiger partial charge is 0.211 e. The van der Waals surface area contributed by atoms with Gasteiger partial charge in [-0.15, -0.1) is 0 Å². The summed E-state index contributed by atoms with van der Waals surface area (Å²) in [5.74, 6) is 0.653. The average molecular weight is 221 g/mol. The van der Waals surface area contributed by atoms with Gasteiger partial charge in [0.25, 0.3) is 0 Å². The standard InChI is InChI=1S/C10H23NO2S/c1-4-5-6-7-8-14(12,13)11-9-10(2)3/h10-11H,4-9H2,1-3H3. The fraction of sp³-hybridized carbons (Fsp3) is 1.00. The second-order valence-electron chi connectivity index (χ2n) is 4.12. The third kappa shape index (κ3) is 8.51. The normalized spacial score (nSPS) is 12.3. The zero-order valence-electron chi connectivity index (χ0n) is 9.54. The fourth-order valence-electron chi connectivity index (χ4n) is 1.08. The lowest BCUT2D eigenvalue weighted by Gasteiger charge is -2.08. The summed E-state index contributed by atoms with van der Waals surface area (Å²) < 4.78 is 25.4. The summed E-state index contributed by atoms with van der Waals surface area (Å²) in [4.78, 5) is 0. The molecule has 0 rings (SSSR count). The topological polar surface area (TPSA) is 46.2 Å². The van der Waals surface area contributed by atoms with Crippen LogP contribution in [-0.2, 0) is 10.0 Å². The number of unbranched alkanes of at least 4 members (excludes halogenated alkanes) is 3. The summed E-state index contributed by atoms with van der Waals surface area (Å²) in [5.41, 5.74) is 0. The molecule has 0 aromatic heterocycles. The molecule has 0 saturated heterocycles. The van der Waals surface area contributed by atoms with Crippen LogP contribution in [0.5, 0.6) is 0 Å². The van der Waals surface area contributed by atoms with Gasteiger partial charge in [-0.3, -0.25) is 0 Å². The van der Waals surface area contributed by atoms with Gasteiger partial charge in [-0.2, -0.15) is 0 Å². The van der Waals surface area contributed by atoms with Crippen molar-refractivity contribution in [3.05, 3.63) is 0 Å². The van der Waals surface area contributed by atoms with E-state index in [4.69, 9.17) is 0 Å². The van der Waals surface area contributed by atoms with Crippen molar-refractivity contribution in [3.63, 3.8) is 0 Å². The quantitative estimate of drug-likeness (QED) is 0.638. The van der Waals surface area contributed by atoms with E-state index in [9.17, 15) is 8.42 Å². The minimum Gasteiger partial charge on any atom is -0.215 e. The van der Waals surface area contributed by atoms with Crippen LogP contribution >= 0.6 is 0 Å². The van der Waals surface area contributed by atoms with Gasteiger partial charge >= 0.3 is 0 Å². The molecule has 0 aliphatic rings. The van der Waals surface area contributed by atoms with E-state index in [2.05, 4.69) is 11.6 Å². The summed E-state index contributed by atoms with van der Waals surface area (Å²) >= 11 is 0. The van der Waals surface area contributed by atoms with Gasteiger partial charge < -0.3 is 0 Å². The van der Waals surface area contributed by atoms with Crippen molar-refractivity contribution in [1.29, 1.82) is 0 Å². The van der Waals surface area contributed by atoms with Gasteiger partial charge in [0.1, 0.15) is 0 Å². The van der Waals surface area contributed by atoms with Crippen LogP contribution in [0.3, 0.4) is 0 Å².